The van der Waals surface area contributed by atoms with Crippen molar-refractivity contribution in [1.29, 1.82) is 0 Å². The normalized spacial score (nSPS) is 11.6. The highest BCUT2D eigenvalue weighted by molar-refractivity contribution is 4.95. The molecule has 0 radical (unpaired) electrons. The molecule has 0 atom stereocenters. The minimum Gasteiger partial charge on any atom is -0.392 e. The largest absolute Gasteiger partial charge is 0.392 e. The van der Waals surface area contributed by atoms with E-state index in [-0.39, 0.29) is 5.57 Å². The molecule has 0 aliphatic heterocycles. The van der Waals surface area contributed by atoms with Crippen molar-refractivity contribution in [2.75, 3.05) is 6.61 Å². The first-order valence-electron chi connectivity index (χ1n) is 2.30. The molecular weight excluding hydrogens is 133 g/mol. The molecule has 0 heterocycles. The smallest absolute Gasteiger partial charge is 0.392 e. The molecule has 4 heteroatoms. The van der Waals surface area contributed by atoms with Gasteiger partial charge in [-0.3, -0.25) is 0 Å². The molecule has 0 aromatic carbocycles. The molecule has 0 aromatic rings. The molecule has 1 N–H and O–H groups in total. The van der Waals surface area contributed by atoms with Crippen molar-refractivity contribution < 1.29 is 18.3 Å². The predicted octanol–water partition coefficient (Wildman–Crippen LogP) is 1.49. The van der Waals surface area contributed by atoms with E-state index in [1.54, 1.807) is 0 Å². The first kappa shape index (κ1) is 8.49. The average Bonchev–Trinajstić information content (AvgIpc) is 1.62. The number of aliphatic hydroxyl groups excluding tert-OH is 1. The van der Waals surface area contributed by atoms with Crippen molar-refractivity contribution in [1.82, 2.24) is 0 Å². The summed E-state index contributed by atoms with van der Waals surface area (Å²) in [6.45, 7) is 2.39. The lowest BCUT2D eigenvalue weighted by Crippen LogP contribution is -2.09. The van der Waals surface area contributed by atoms with Crippen molar-refractivity contribution in [3.8, 4) is 0 Å². The molecule has 0 saturated carbocycles. The van der Waals surface area contributed by atoms with Gasteiger partial charge in [-0.1, -0.05) is 6.58 Å². The highest BCUT2D eigenvalue weighted by Gasteiger charge is 2.27. The summed E-state index contributed by atoms with van der Waals surface area (Å²) >= 11 is 0. The number of hydrogen-bond acceptors (Lipinski definition) is 1. The molecule has 0 fully saturated rings. The standard InChI is InChI=1S/C5H7F3O/c1-4(3-9)2-5(6,7)8/h9H,1-3H2. The van der Waals surface area contributed by atoms with E-state index in [2.05, 4.69) is 6.58 Å². The Bertz CT molecular complexity index is 105. The molecule has 0 aromatic heterocycles. The second kappa shape index (κ2) is 2.87. The molecule has 0 bridgehead atoms. The van der Waals surface area contributed by atoms with Gasteiger partial charge in [0.25, 0.3) is 0 Å². The van der Waals surface area contributed by atoms with Crippen molar-refractivity contribution in [2.45, 2.75) is 12.6 Å². The zero-order chi connectivity index (χ0) is 7.49. The average molecular weight is 140 g/mol. The Labute approximate surface area is 50.8 Å². The van der Waals surface area contributed by atoms with Gasteiger partial charge >= 0.3 is 6.18 Å². The molecule has 0 unspecified atom stereocenters. The molecule has 0 rings (SSSR count). The minimum atomic E-state index is -4.24. The third-order valence-electron chi connectivity index (χ3n) is 0.674. The van der Waals surface area contributed by atoms with Crippen LogP contribution in [0.5, 0.6) is 0 Å². The van der Waals surface area contributed by atoms with E-state index in [0.717, 1.165) is 0 Å². The lowest BCUT2D eigenvalue weighted by molar-refractivity contribution is -0.128. The van der Waals surface area contributed by atoms with Gasteiger partial charge in [-0.05, 0) is 5.57 Å². The van der Waals surface area contributed by atoms with Gasteiger partial charge in [0.1, 0.15) is 0 Å². The number of alkyl halides is 3. The topological polar surface area (TPSA) is 20.2 Å². The fourth-order valence-corrected chi connectivity index (χ4v) is 0.339. The fraction of sp³-hybridized carbons (Fsp3) is 0.600. The lowest BCUT2D eigenvalue weighted by Gasteiger charge is -2.05. The van der Waals surface area contributed by atoms with Gasteiger partial charge in [-0.2, -0.15) is 13.2 Å². The van der Waals surface area contributed by atoms with Crippen LogP contribution < -0.4 is 0 Å². The summed E-state index contributed by atoms with van der Waals surface area (Å²) < 4.78 is 34.0. The molecule has 0 aliphatic rings. The van der Waals surface area contributed by atoms with Crippen LogP contribution in [0.1, 0.15) is 6.42 Å². The van der Waals surface area contributed by atoms with Crippen LogP contribution in [0.25, 0.3) is 0 Å². The second-order valence-corrected chi connectivity index (χ2v) is 1.70. The van der Waals surface area contributed by atoms with Crippen molar-refractivity contribution >= 4 is 0 Å². The predicted molar refractivity (Wildman–Crippen MR) is 26.9 cm³/mol. The van der Waals surface area contributed by atoms with Gasteiger partial charge in [0.15, 0.2) is 0 Å². The number of halogens is 3. The van der Waals surface area contributed by atoms with Gasteiger partial charge in [-0.25, -0.2) is 0 Å². The minimum absolute atomic E-state index is 0.206. The SMILES string of the molecule is C=C(CO)CC(F)(F)F. The summed E-state index contributed by atoms with van der Waals surface area (Å²) in [5.41, 5.74) is -0.206. The van der Waals surface area contributed by atoms with Crippen LogP contribution in [0, 0.1) is 0 Å². The van der Waals surface area contributed by atoms with Crippen molar-refractivity contribution in [3.05, 3.63) is 12.2 Å². The van der Waals surface area contributed by atoms with Crippen LogP contribution in [-0.4, -0.2) is 17.9 Å². The summed E-state index contributed by atoms with van der Waals surface area (Å²) in [5.74, 6) is 0. The van der Waals surface area contributed by atoms with Crippen molar-refractivity contribution in [2.24, 2.45) is 0 Å². The number of rotatable bonds is 2. The van der Waals surface area contributed by atoms with E-state index in [9.17, 15) is 13.2 Å². The van der Waals surface area contributed by atoms with Crippen LogP contribution in [-0.2, 0) is 0 Å². The Kier molecular flexibility index (Phi) is 2.70. The monoisotopic (exact) mass is 140 g/mol. The molecule has 0 amide bonds. The van der Waals surface area contributed by atoms with Gasteiger partial charge in [0.2, 0.25) is 0 Å². The van der Waals surface area contributed by atoms with Crippen LogP contribution in [0.3, 0.4) is 0 Å². The summed E-state index contributed by atoms with van der Waals surface area (Å²) in [6, 6.07) is 0. The molecule has 0 spiro atoms. The maximum Gasteiger partial charge on any atom is 0.392 e. The van der Waals surface area contributed by atoms with Gasteiger partial charge < -0.3 is 5.11 Å². The van der Waals surface area contributed by atoms with Gasteiger partial charge in [-0.15, -0.1) is 0 Å². The third kappa shape index (κ3) is 5.36. The summed E-state index contributed by atoms with van der Waals surface area (Å²) in [5, 5.41) is 8.10. The summed E-state index contributed by atoms with van der Waals surface area (Å²) in [4.78, 5) is 0. The quantitative estimate of drug-likeness (QED) is 0.576. The Morgan fingerprint density at radius 1 is 1.44 bits per heavy atom. The first-order valence-corrected chi connectivity index (χ1v) is 2.30. The zero-order valence-electron chi connectivity index (χ0n) is 4.70. The molecule has 9 heavy (non-hydrogen) atoms. The molecule has 0 saturated heterocycles. The number of aliphatic hydroxyl groups is 1. The van der Waals surface area contributed by atoms with Crippen LogP contribution in [0.4, 0.5) is 13.2 Å². The van der Waals surface area contributed by atoms with E-state index in [1.807, 2.05) is 0 Å². The maximum atomic E-state index is 11.3. The van der Waals surface area contributed by atoms with E-state index in [4.69, 9.17) is 5.11 Å². The van der Waals surface area contributed by atoms with Crippen LogP contribution in [0.2, 0.25) is 0 Å². The Hall–Kier alpha value is -0.510. The number of hydrogen-bond donors (Lipinski definition) is 1. The Morgan fingerprint density at radius 2 is 1.89 bits per heavy atom. The van der Waals surface area contributed by atoms with Gasteiger partial charge in [0.05, 0.1) is 13.0 Å². The molecule has 54 valence electrons. The first-order chi connectivity index (χ1) is 3.95. The molecule has 0 aliphatic carbocycles. The van der Waals surface area contributed by atoms with Gasteiger partial charge in [0, 0.05) is 0 Å². The summed E-state index contributed by atoms with van der Waals surface area (Å²) in [7, 11) is 0. The van der Waals surface area contributed by atoms with E-state index < -0.39 is 19.2 Å². The maximum absolute atomic E-state index is 11.3. The molecular formula is C5H7F3O. The fourth-order valence-electron chi connectivity index (χ4n) is 0.339. The Balaban J connectivity index is 3.60. The van der Waals surface area contributed by atoms with E-state index in [1.165, 1.54) is 0 Å². The second-order valence-electron chi connectivity index (χ2n) is 1.70. The van der Waals surface area contributed by atoms with Crippen LogP contribution in [0.15, 0.2) is 12.2 Å². The lowest BCUT2D eigenvalue weighted by atomic mass is 10.2. The van der Waals surface area contributed by atoms with Crippen molar-refractivity contribution in [3.63, 3.8) is 0 Å². The Morgan fingerprint density at radius 3 is 2.00 bits per heavy atom. The molecule has 1 nitrogen and oxygen atoms in total. The zero-order valence-corrected chi connectivity index (χ0v) is 4.70. The van der Waals surface area contributed by atoms with E-state index in [0.29, 0.717) is 0 Å². The van der Waals surface area contributed by atoms with Crippen LogP contribution >= 0.6 is 0 Å². The highest BCUT2D eigenvalue weighted by atomic mass is 19.4. The highest BCUT2D eigenvalue weighted by Crippen LogP contribution is 2.22. The third-order valence-corrected chi connectivity index (χ3v) is 0.674. The summed E-state index contributed by atoms with van der Waals surface area (Å²) in [6.07, 6.45) is -5.33. The van der Waals surface area contributed by atoms with E-state index >= 15 is 0 Å².